The van der Waals surface area contributed by atoms with E-state index in [1.807, 2.05) is 30.3 Å². The molecule has 0 heterocycles. The first-order valence-corrected chi connectivity index (χ1v) is 13.2. The number of carbonyl (C=O) groups excluding carboxylic acids is 1. The molecule has 8 heteroatoms. The molecule has 168 valence electrons. The molecule has 0 saturated carbocycles. The monoisotopic (exact) mass is 520 g/mol. The predicted octanol–water partition coefficient (Wildman–Crippen LogP) is 2.84. The average Bonchev–Trinajstić information content (AvgIpc) is 2.84. The van der Waals surface area contributed by atoms with Crippen LogP contribution in [0.5, 0.6) is 11.5 Å². The second kappa shape index (κ2) is 11.2. The average molecular weight is 519 g/mol. The number of hydrogen-bond acceptors (Lipinski definition) is 6. The zero-order chi connectivity index (χ0) is 23.0. The molecule has 0 aromatic heterocycles. The van der Waals surface area contributed by atoms with Crippen LogP contribution in [0.2, 0.25) is 0 Å². The van der Waals surface area contributed by atoms with Crippen LogP contribution >= 0.6 is 0 Å². The Hall–Kier alpha value is -2.80. The van der Waals surface area contributed by atoms with E-state index in [4.69, 9.17) is 14.2 Å². The van der Waals surface area contributed by atoms with Gasteiger partial charge in [0.1, 0.15) is 0 Å². The summed E-state index contributed by atoms with van der Waals surface area (Å²) >= 11 is -0.467. The van der Waals surface area contributed by atoms with E-state index in [0.717, 1.165) is 4.46 Å². The van der Waals surface area contributed by atoms with Crippen molar-refractivity contribution in [3.05, 3.63) is 84.9 Å². The summed E-state index contributed by atoms with van der Waals surface area (Å²) in [6.45, 7) is 0. The zero-order valence-electron chi connectivity index (χ0n) is 17.7. The molecule has 0 fully saturated rings. The van der Waals surface area contributed by atoms with Crippen LogP contribution in [0.25, 0.3) is 0 Å². The third kappa shape index (κ3) is 6.13. The van der Waals surface area contributed by atoms with Crippen LogP contribution < -0.4 is 13.9 Å². The zero-order valence-corrected chi connectivity index (χ0v) is 20.2. The Bertz CT molecular complexity index is 1100. The van der Waals surface area contributed by atoms with Gasteiger partial charge in [-0.05, 0) is 0 Å². The van der Waals surface area contributed by atoms with E-state index in [0.29, 0.717) is 11.5 Å². The fourth-order valence-electron chi connectivity index (χ4n) is 2.97. The van der Waals surface area contributed by atoms with Crippen LogP contribution in [0.1, 0.15) is 6.42 Å². The van der Waals surface area contributed by atoms with Crippen LogP contribution in [0, 0.1) is 0 Å². The van der Waals surface area contributed by atoms with Gasteiger partial charge < -0.3 is 0 Å². The second-order valence-electron chi connectivity index (χ2n) is 6.76. The van der Waals surface area contributed by atoms with E-state index >= 15 is 0 Å². The Labute approximate surface area is 194 Å². The molecule has 0 radical (unpaired) electrons. The normalized spacial score (nSPS) is 13.1. The van der Waals surface area contributed by atoms with Crippen molar-refractivity contribution in [3.63, 3.8) is 0 Å². The number of rotatable bonds is 10. The maximum absolute atomic E-state index is 13.5. The van der Waals surface area contributed by atoms with E-state index in [9.17, 15) is 13.2 Å². The van der Waals surface area contributed by atoms with Crippen LogP contribution in [-0.2, 0) is 19.4 Å². The van der Waals surface area contributed by atoms with Gasteiger partial charge in [0.05, 0.1) is 0 Å². The minimum atomic E-state index is -3.72. The number of methoxy groups -OCH3 is 2. The summed E-state index contributed by atoms with van der Waals surface area (Å²) in [5, 5.41) is 0. The Morgan fingerprint density at radius 2 is 1.41 bits per heavy atom. The van der Waals surface area contributed by atoms with Gasteiger partial charge in [0.2, 0.25) is 0 Å². The van der Waals surface area contributed by atoms with Gasteiger partial charge in [0.15, 0.2) is 0 Å². The molecule has 3 aromatic rings. The van der Waals surface area contributed by atoms with Gasteiger partial charge in [-0.15, -0.1) is 0 Å². The van der Waals surface area contributed by atoms with Crippen molar-refractivity contribution in [2.45, 2.75) is 21.6 Å². The molecule has 0 spiro atoms. The van der Waals surface area contributed by atoms with Crippen LogP contribution in [0.15, 0.2) is 89.8 Å². The summed E-state index contributed by atoms with van der Waals surface area (Å²) in [5.74, 6) is 0.436. The number of sulfone groups is 1. The fraction of sp³-hybridized carbons (Fsp3) is 0.208. The van der Waals surface area contributed by atoms with Crippen molar-refractivity contribution in [3.8, 4) is 11.5 Å². The summed E-state index contributed by atoms with van der Waals surface area (Å²) < 4.78 is 43.1. The Morgan fingerprint density at radius 1 is 0.844 bits per heavy atom. The van der Waals surface area contributed by atoms with Gasteiger partial charge in [0.25, 0.3) is 0 Å². The quantitative estimate of drug-likeness (QED) is 0.303. The summed E-state index contributed by atoms with van der Waals surface area (Å²) in [4.78, 5) is 12.7. The van der Waals surface area contributed by atoms with Gasteiger partial charge in [-0.25, -0.2) is 0 Å². The van der Waals surface area contributed by atoms with Crippen molar-refractivity contribution < 1.29 is 27.4 Å². The first-order valence-electron chi connectivity index (χ1n) is 9.83. The summed E-state index contributed by atoms with van der Waals surface area (Å²) in [5.41, 5.74) is 0. The molecule has 32 heavy (non-hydrogen) atoms. The van der Waals surface area contributed by atoms with Crippen LogP contribution in [0.3, 0.4) is 0 Å². The van der Waals surface area contributed by atoms with E-state index in [1.165, 1.54) is 7.11 Å². The molecular formula is C24H24O6SSe. The van der Waals surface area contributed by atoms with Crippen molar-refractivity contribution in [2.75, 3.05) is 14.2 Å². The molecule has 2 unspecified atom stereocenters. The number of ether oxygens (including phenoxy) is 3. The topological polar surface area (TPSA) is 78.9 Å². The molecule has 0 aliphatic carbocycles. The van der Waals surface area contributed by atoms with E-state index in [-0.39, 0.29) is 11.3 Å². The molecule has 0 aliphatic heterocycles. The summed E-state index contributed by atoms with van der Waals surface area (Å²) in [7, 11) is -0.906. The molecule has 3 aromatic carbocycles. The minimum absolute atomic E-state index is 0.0369. The molecule has 0 amide bonds. The second-order valence-corrected chi connectivity index (χ2v) is 12.2. The molecular weight excluding hydrogens is 495 g/mol. The molecule has 2 atom stereocenters. The standard InChI is InChI=1S/C24H24O6SSe/c1-28-18-13-15-19(16-14-18)30-22(24(25)29-2)17-23(32-21-11-7-4-8-12-21)31(26,27)20-9-5-3-6-10-20/h3-16,22-23H,17H2,1-2H3. The Kier molecular flexibility index (Phi) is 8.33. The molecule has 3 rings (SSSR count). The van der Waals surface area contributed by atoms with Crippen molar-refractivity contribution in [1.29, 1.82) is 0 Å². The molecule has 0 N–H and O–H groups in total. The van der Waals surface area contributed by atoms with Crippen molar-refractivity contribution in [1.82, 2.24) is 0 Å². The van der Waals surface area contributed by atoms with Crippen molar-refractivity contribution >= 4 is 35.2 Å². The number of benzene rings is 3. The third-order valence-electron chi connectivity index (χ3n) is 4.64. The van der Waals surface area contributed by atoms with Crippen molar-refractivity contribution in [2.24, 2.45) is 0 Å². The first kappa shape index (κ1) is 23.9. The number of hydrogen-bond donors (Lipinski definition) is 0. The predicted molar refractivity (Wildman–Crippen MR) is 123 cm³/mol. The summed E-state index contributed by atoms with van der Waals surface area (Å²) in [6, 6.07) is 24.4. The Balaban J connectivity index is 1.92. The van der Waals surface area contributed by atoms with E-state index < -0.39 is 41.0 Å². The molecule has 6 nitrogen and oxygen atoms in total. The van der Waals surface area contributed by atoms with Gasteiger partial charge in [-0.3, -0.25) is 0 Å². The molecule has 0 saturated heterocycles. The van der Waals surface area contributed by atoms with Gasteiger partial charge in [0, 0.05) is 0 Å². The maximum atomic E-state index is 13.5. The first-order chi connectivity index (χ1) is 15.4. The molecule has 0 aliphatic rings. The molecule has 0 bridgehead atoms. The van der Waals surface area contributed by atoms with Crippen LogP contribution in [-0.4, -0.2) is 53.8 Å². The SMILES string of the molecule is COC(=O)C(CC([Se]c1ccccc1)S(=O)(=O)c1ccccc1)Oc1ccc(OC)cc1. The Morgan fingerprint density at radius 3 is 1.97 bits per heavy atom. The fourth-order valence-corrected chi connectivity index (χ4v) is 8.30. The van der Waals surface area contributed by atoms with E-state index in [2.05, 4.69) is 0 Å². The number of esters is 1. The third-order valence-corrected chi connectivity index (χ3v) is 10.6. The van der Waals surface area contributed by atoms with Gasteiger partial charge in [-0.2, -0.15) is 0 Å². The van der Waals surface area contributed by atoms with E-state index in [1.54, 1.807) is 61.7 Å². The van der Waals surface area contributed by atoms with Crippen LogP contribution in [0.4, 0.5) is 0 Å². The summed E-state index contributed by atoms with van der Waals surface area (Å²) in [6.07, 6.45) is -1.12. The number of carbonyl (C=O) groups is 1. The van der Waals surface area contributed by atoms with Gasteiger partial charge in [-0.1, -0.05) is 0 Å². The van der Waals surface area contributed by atoms with Gasteiger partial charge >= 0.3 is 195 Å².